The highest BCUT2D eigenvalue weighted by molar-refractivity contribution is 5.86. The van der Waals surface area contributed by atoms with Gasteiger partial charge in [0.25, 0.3) is 0 Å². The summed E-state index contributed by atoms with van der Waals surface area (Å²) in [7, 11) is 0. The van der Waals surface area contributed by atoms with Crippen LogP contribution in [0.3, 0.4) is 0 Å². The van der Waals surface area contributed by atoms with Crippen molar-refractivity contribution in [1.29, 1.82) is 0 Å². The topological polar surface area (TPSA) is 74.0 Å². The fourth-order valence-corrected chi connectivity index (χ4v) is 3.06. The van der Waals surface area contributed by atoms with Crippen molar-refractivity contribution in [3.63, 3.8) is 0 Å². The third-order valence-corrected chi connectivity index (χ3v) is 4.40. The highest BCUT2D eigenvalue weighted by Gasteiger charge is 2.23. The fourth-order valence-electron chi connectivity index (χ4n) is 3.06. The molecule has 0 amide bonds. The average molecular weight is 304 g/mol. The molecule has 1 saturated carbocycles. The summed E-state index contributed by atoms with van der Waals surface area (Å²) in [4.78, 5) is 8.75. The summed E-state index contributed by atoms with van der Waals surface area (Å²) in [6, 6.07) is 6.21. The molecule has 1 aliphatic carbocycles. The van der Waals surface area contributed by atoms with E-state index in [1.54, 1.807) is 6.20 Å². The first kappa shape index (κ1) is 12.6. The van der Waals surface area contributed by atoms with Gasteiger partial charge in [0, 0.05) is 30.2 Å². The van der Waals surface area contributed by atoms with E-state index in [4.69, 9.17) is 5.73 Å². The number of nitrogens with two attached hydrogens (primary N) is 1. The molecule has 0 bridgehead atoms. The van der Waals surface area contributed by atoms with E-state index in [9.17, 15) is 0 Å². The van der Waals surface area contributed by atoms with Gasteiger partial charge in [-0.2, -0.15) is 5.10 Å². The van der Waals surface area contributed by atoms with Gasteiger partial charge in [-0.25, -0.2) is 9.97 Å². The Kier molecular flexibility index (Phi) is 2.50. The number of rotatable bonds is 3. The standard InChI is InChI=1S/C17H16N6/c18-17-16-13(5-6-19-17)8-23(21-16)10-14-9-22-7-12(11-1-2-11)3-4-15(22)20-14/h3-9,11H,1-2,10H2,(H2,18,19). The average Bonchev–Trinajstić information content (AvgIpc) is 3.18. The minimum atomic E-state index is 0.463. The first-order chi connectivity index (χ1) is 11.3. The molecule has 1 fully saturated rings. The molecule has 4 aromatic rings. The summed E-state index contributed by atoms with van der Waals surface area (Å²) in [6.07, 6.45) is 10.6. The molecule has 0 unspecified atom stereocenters. The Balaban J connectivity index is 1.50. The van der Waals surface area contributed by atoms with Crippen LogP contribution in [-0.4, -0.2) is 24.1 Å². The van der Waals surface area contributed by atoms with Crippen molar-refractivity contribution in [3.05, 3.63) is 54.2 Å². The number of fused-ring (bicyclic) bond motifs is 2. The Morgan fingerprint density at radius 1 is 1.13 bits per heavy atom. The van der Waals surface area contributed by atoms with Crippen LogP contribution in [0.1, 0.15) is 30.0 Å². The lowest BCUT2D eigenvalue weighted by molar-refractivity contribution is 0.684. The minimum Gasteiger partial charge on any atom is -0.382 e. The molecule has 114 valence electrons. The number of imidazole rings is 1. The SMILES string of the molecule is Nc1nccc2cn(Cc3cn4cc(C5CC5)ccc4n3)nc12. The highest BCUT2D eigenvalue weighted by Crippen LogP contribution is 2.39. The highest BCUT2D eigenvalue weighted by atomic mass is 15.3. The summed E-state index contributed by atoms with van der Waals surface area (Å²) >= 11 is 0. The van der Waals surface area contributed by atoms with Gasteiger partial charge >= 0.3 is 0 Å². The zero-order valence-electron chi connectivity index (χ0n) is 12.6. The quantitative estimate of drug-likeness (QED) is 0.631. The zero-order chi connectivity index (χ0) is 15.4. The van der Waals surface area contributed by atoms with Crippen molar-refractivity contribution in [2.45, 2.75) is 25.3 Å². The Morgan fingerprint density at radius 3 is 2.87 bits per heavy atom. The molecule has 4 aromatic heterocycles. The molecule has 6 nitrogen and oxygen atoms in total. The molecule has 0 atom stereocenters. The molecule has 0 radical (unpaired) electrons. The number of anilines is 1. The lowest BCUT2D eigenvalue weighted by Crippen LogP contribution is -2.00. The second-order valence-corrected chi connectivity index (χ2v) is 6.20. The van der Waals surface area contributed by atoms with Gasteiger partial charge in [0.1, 0.15) is 11.2 Å². The van der Waals surface area contributed by atoms with Gasteiger partial charge in [-0.15, -0.1) is 0 Å². The number of pyridine rings is 2. The number of hydrogen-bond donors (Lipinski definition) is 1. The van der Waals surface area contributed by atoms with Gasteiger partial charge in [0.05, 0.1) is 12.2 Å². The Bertz CT molecular complexity index is 1020. The number of aromatic nitrogens is 5. The summed E-state index contributed by atoms with van der Waals surface area (Å²) in [5.74, 6) is 1.21. The maximum Gasteiger partial charge on any atom is 0.151 e. The van der Waals surface area contributed by atoms with E-state index in [1.807, 2.05) is 16.9 Å². The Hall–Kier alpha value is -2.89. The Labute approximate surface area is 132 Å². The molecule has 4 heterocycles. The number of nitrogens with zero attached hydrogens (tertiary/aromatic N) is 5. The first-order valence-electron chi connectivity index (χ1n) is 7.81. The maximum atomic E-state index is 5.87. The van der Waals surface area contributed by atoms with E-state index in [2.05, 4.69) is 44.0 Å². The molecular formula is C17H16N6. The van der Waals surface area contributed by atoms with Crippen LogP contribution in [0.25, 0.3) is 16.6 Å². The predicted octanol–water partition coefficient (Wildman–Crippen LogP) is 2.59. The molecule has 23 heavy (non-hydrogen) atoms. The van der Waals surface area contributed by atoms with Gasteiger partial charge in [-0.1, -0.05) is 6.07 Å². The van der Waals surface area contributed by atoms with Gasteiger partial charge < -0.3 is 10.1 Å². The van der Waals surface area contributed by atoms with Crippen molar-refractivity contribution in [3.8, 4) is 0 Å². The lowest BCUT2D eigenvalue weighted by Gasteiger charge is -1.98. The molecule has 5 rings (SSSR count). The monoisotopic (exact) mass is 304 g/mol. The van der Waals surface area contributed by atoms with Crippen molar-refractivity contribution in [2.75, 3.05) is 5.73 Å². The van der Waals surface area contributed by atoms with Crippen molar-refractivity contribution in [1.82, 2.24) is 24.1 Å². The number of hydrogen-bond acceptors (Lipinski definition) is 4. The van der Waals surface area contributed by atoms with E-state index in [0.717, 1.165) is 28.2 Å². The molecule has 0 spiro atoms. The van der Waals surface area contributed by atoms with Gasteiger partial charge in [-0.05, 0) is 36.5 Å². The third kappa shape index (κ3) is 2.14. The maximum absolute atomic E-state index is 5.87. The molecule has 6 heteroatoms. The van der Waals surface area contributed by atoms with Crippen LogP contribution < -0.4 is 5.73 Å². The number of nitrogen functional groups attached to an aromatic ring is 1. The van der Waals surface area contributed by atoms with Gasteiger partial charge in [0.2, 0.25) is 0 Å². The fraction of sp³-hybridized carbons (Fsp3) is 0.235. The van der Waals surface area contributed by atoms with E-state index in [1.165, 1.54) is 18.4 Å². The van der Waals surface area contributed by atoms with Crippen molar-refractivity contribution in [2.24, 2.45) is 0 Å². The van der Waals surface area contributed by atoms with Crippen LogP contribution in [0, 0.1) is 0 Å². The molecule has 2 N–H and O–H groups in total. The summed E-state index contributed by atoms with van der Waals surface area (Å²) in [5.41, 5.74) is 9.98. The molecular weight excluding hydrogens is 288 g/mol. The van der Waals surface area contributed by atoms with Crippen molar-refractivity contribution < 1.29 is 0 Å². The molecule has 0 saturated heterocycles. The summed E-state index contributed by atoms with van der Waals surface area (Å²) < 4.78 is 3.98. The smallest absolute Gasteiger partial charge is 0.151 e. The first-order valence-corrected chi connectivity index (χ1v) is 7.81. The second-order valence-electron chi connectivity index (χ2n) is 6.20. The minimum absolute atomic E-state index is 0.463. The second kappa shape index (κ2) is 4.55. The molecule has 0 aromatic carbocycles. The lowest BCUT2D eigenvalue weighted by atomic mass is 10.2. The largest absolute Gasteiger partial charge is 0.382 e. The van der Waals surface area contributed by atoms with Crippen LogP contribution in [-0.2, 0) is 6.54 Å². The third-order valence-electron chi connectivity index (χ3n) is 4.40. The zero-order valence-corrected chi connectivity index (χ0v) is 12.6. The van der Waals surface area contributed by atoms with Crippen LogP contribution in [0.4, 0.5) is 5.82 Å². The van der Waals surface area contributed by atoms with Crippen molar-refractivity contribution >= 4 is 22.4 Å². The van der Waals surface area contributed by atoms with Crippen LogP contribution in [0.15, 0.2) is 43.0 Å². The Morgan fingerprint density at radius 2 is 2.04 bits per heavy atom. The normalized spacial score (nSPS) is 14.8. The van der Waals surface area contributed by atoms with E-state index in [0.29, 0.717) is 12.4 Å². The van der Waals surface area contributed by atoms with Gasteiger partial charge in [-0.3, -0.25) is 4.68 Å². The summed E-state index contributed by atoms with van der Waals surface area (Å²) in [5, 5.41) is 5.51. The molecule has 1 aliphatic rings. The van der Waals surface area contributed by atoms with E-state index < -0.39 is 0 Å². The molecule has 0 aliphatic heterocycles. The summed E-state index contributed by atoms with van der Waals surface area (Å²) in [6.45, 7) is 0.620. The van der Waals surface area contributed by atoms with E-state index in [-0.39, 0.29) is 0 Å². The van der Waals surface area contributed by atoms with E-state index >= 15 is 0 Å². The predicted molar refractivity (Wildman–Crippen MR) is 88.2 cm³/mol. The van der Waals surface area contributed by atoms with Crippen LogP contribution in [0.5, 0.6) is 0 Å². The van der Waals surface area contributed by atoms with Crippen LogP contribution in [0.2, 0.25) is 0 Å². The van der Waals surface area contributed by atoms with Gasteiger partial charge in [0.15, 0.2) is 5.82 Å². The van der Waals surface area contributed by atoms with Crippen LogP contribution >= 0.6 is 0 Å².